The highest BCUT2D eigenvalue weighted by atomic mass is 32.1. The van der Waals surface area contributed by atoms with Crippen molar-refractivity contribution in [3.05, 3.63) is 58.3 Å². The Hall–Kier alpha value is -2.60. The Morgan fingerprint density at radius 2 is 2.04 bits per heavy atom. The number of amides is 1. The van der Waals surface area contributed by atoms with Gasteiger partial charge in [-0.2, -0.15) is 11.3 Å². The van der Waals surface area contributed by atoms with Crippen LogP contribution >= 0.6 is 11.3 Å². The lowest BCUT2D eigenvalue weighted by Crippen LogP contribution is -2.33. The second-order valence-electron chi connectivity index (χ2n) is 5.23. The predicted octanol–water partition coefficient (Wildman–Crippen LogP) is 2.62. The van der Waals surface area contributed by atoms with Gasteiger partial charge in [0, 0.05) is 12.6 Å². The number of rotatable bonds is 7. The quantitative estimate of drug-likeness (QED) is 0.597. The van der Waals surface area contributed by atoms with E-state index in [0.29, 0.717) is 6.42 Å². The molecule has 0 radical (unpaired) electrons. The lowest BCUT2D eigenvalue weighted by Gasteiger charge is -2.15. The molecule has 1 atom stereocenters. The van der Waals surface area contributed by atoms with Gasteiger partial charge in [0.15, 0.2) is 0 Å². The van der Waals surface area contributed by atoms with E-state index in [-0.39, 0.29) is 24.2 Å². The van der Waals surface area contributed by atoms with Crippen molar-refractivity contribution in [3.63, 3.8) is 0 Å². The summed E-state index contributed by atoms with van der Waals surface area (Å²) in [4.78, 5) is 23.8. The van der Waals surface area contributed by atoms with Gasteiger partial charge in [0.2, 0.25) is 5.91 Å². The largest absolute Gasteiger partial charge is 0.508 e. The average molecular weight is 345 g/mol. The zero-order valence-electron chi connectivity index (χ0n) is 13.3. The number of phenolic OH excluding ortho intramolecular Hbond substituents is 1. The number of ether oxygens (including phenoxy) is 1. The van der Waals surface area contributed by atoms with Gasteiger partial charge in [-0.25, -0.2) is 0 Å². The smallest absolute Gasteiger partial charge is 0.310 e. The van der Waals surface area contributed by atoms with Crippen LogP contribution in [-0.4, -0.2) is 30.6 Å². The SMILES string of the molecule is COC(=O)C(CNC(=O)C=Cc1ccsc1)Cc1ccc(O)cc1. The van der Waals surface area contributed by atoms with E-state index in [1.54, 1.807) is 41.7 Å². The maximum Gasteiger partial charge on any atom is 0.310 e. The second-order valence-corrected chi connectivity index (χ2v) is 6.01. The first-order valence-electron chi connectivity index (χ1n) is 7.42. The highest BCUT2D eigenvalue weighted by molar-refractivity contribution is 7.08. The number of hydrogen-bond acceptors (Lipinski definition) is 5. The maximum absolute atomic E-state index is 11.9. The highest BCUT2D eigenvalue weighted by Crippen LogP contribution is 2.14. The Morgan fingerprint density at radius 1 is 1.29 bits per heavy atom. The van der Waals surface area contributed by atoms with Crippen LogP contribution in [0.3, 0.4) is 0 Å². The summed E-state index contributed by atoms with van der Waals surface area (Å²) in [5, 5.41) is 15.9. The third kappa shape index (κ3) is 5.55. The van der Waals surface area contributed by atoms with Crippen molar-refractivity contribution in [1.29, 1.82) is 0 Å². The highest BCUT2D eigenvalue weighted by Gasteiger charge is 2.20. The van der Waals surface area contributed by atoms with E-state index >= 15 is 0 Å². The average Bonchev–Trinajstić information content (AvgIpc) is 3.11. The topological polar surface area (TPSA) is 75.6 Å². The van der Waals surface area contributed by atoms with Gasteiger partial charge in [0.05, 0.1) is 13.0 Å². The molecule has 0 saturated heterocycles. The van der Waals surface area contributed by atoms with Crippen molar-refractivity contribution < 1.29 is 19.4 Å². The molecule has 24 heavy (non-hydrogen) atoms. The van der Waals surface area contributed by atoms with Gasteiger partial charge in [0.1, 0.15) is 5.75 Å². The molecule has 2 N–H and O–H groups in total. The van der Waals surface area contributed by atoms with Crippen molar-refractivity contribution in [3.8, 4) is 5.75 Å². The van der Waals surface area contributed by atoms with Gasteiger partial charge in [-0.05, 0) is 52.6 Å². The monoisotopic (exact) mass is 345 g/mol. The number of hydrogen-bond donors (Lipinski definition) is 2. The lowest BCUT2D eigenvalue weighted by atomic mass is 9.99. The number of aromatic hydroxyl groups is 1. The van der Waals surface area contributed by atoms with Crippen LogP contribution in [0.15, 0.2) is 47.2 Å². The molecule has 0 spiro atoms. The molecular formula is C18H19NO4S. The lowest BCUT2D eigenvalue weighted by molar-refractivity contribution is -0.145. The van der Waals surface area contributed by atoms with Crippen molar-refractivity contribution in [2.75, 3.05) is 13.7 Å². The molecule has 1 aromatic carbocycles. The van der Waals surface area contributed by atoms with Crippen molar-refractivity contribution >= 4 is 29.3 Å². The predicted molar refractivity (Wildman–Crippen MR) is 93.7 cm³/mol. The minimum absolute atomic E-state index is 0.167. The second kappa shape index (κ2) is 8.88. The van der Waals surface area contributed by atoms with Crippen LogP contribution in [-0.2, 0) is 20.7 Å². The fourth-order valence-corrected chi connectivity index (χ4v) is 2.78. The van der Waals surface area contributed by atoms with Crippen LogP contribution in [0, 0.1) is 5.92 Å². The summed E-state index contributed by atoms with van der Waals surface area (Å²) in [5.74, 6) is -0.968. The normalized spacial score (nSPS) is 12.0. The minimum atomic E-state index is -0.488. The summed E-state index contributed by atoms with van der Waals surface area (Å²) in [6, 6.07) is 8.52. The third-order valence-electron chi connectivity index (χ3n) is 3.45. The molecule has 2 rings (SSSR count). The number of carbonyl (C=O) groups excluding carboxylic acids is 2. The van der Waals surface area contributed by atoms with Crippen LogP contribution in [0.1, 0.15) is 11.1 Å². The molecule has 1 unspecified atom stereocenters. The van der Waals surface area contributed by atoms with Crippen LogP contribution < -0.4 is 5.32 Å². The molecule has 6 heteroatoms. The third-order valence-corrected chi connectivity index (χ3v) is 4.15. The molecule has 0 bridgehead atoms. The number of esters is 1. The number of methoxy groups -OCH3 is 1. The van der Waals surface area contributed by atoms with Gasteiger partial charge in [0.25, 0.3) is 0 Å². The number of thiophene rings is 1. The molecular weight excluding hydrogens is 326 g/mol. The van der Waals surface area contributed by atoms with E-state index in [1.165, 1.54) is 13.2 Å². The fraction of sp³-hybridized carbons (Fsp3) is 0.222. The van der Waals surface area contributed by atoms with Crippen LogP contribution in [0.5, 0.6) is 5.75 Å². The van der Waals surface area contributed by atoms with Gasteiger partial charge in [-0.3, -0.25) is 9.59 Å². The molecule has 1 amide bonds. The molecule has 0 aliphatic carbocycles. The van der Waals surface area contributed by atoms with E-state index in [2.05, 4.69) is 5.32 Å². The van der Waals surface area contributed by atoms with Gasteiger partial charge in [-0.15, -0.1) is 0 Å². The Morgan fingerprint density at radius 3 is 2.67 bits per heavy atom. The maximum atomic E-state index is 11.9. The summed E-state index contributed by atoms with van der Waals surface area (Å²) < 4.78 is 4.80. The van der Waals surface area contributed by atoms with Gasteiger partial charge in [-0.1, -0.05) is 12.1 Å². The van der Waals surface area contributed by atoms with E-state index in [0.717, 1.165) is 11.1 Å². The zero-order valence-corrected chi connectivity index (χ0v) is 14.1. The molecule has 0 aliphatic heterocycles. The first-order chi connectivity index (χ1) is 11.6. The number of phenols is 1. The number of carbonyl (C=O) groups is 2. The van der Waals surface area contributed by atoms with Gasteiger partial charge >= 0.3 is 5.97 Å². The fourth-order valence-electron chi connectivity index (χ4n) is 2.15. The Bertz CT molecular complexity index is 692. The summed E-state index contributed by atoms with van der Waals surface area (Å²) in [5.41, 5.74) is 1.84. The van der Waals surface area contributed by atoms with Crippen molar-refractivity contribution in [2.45, 2.75) is 6.42 Å². The van der Waals surface area contributed by atoms with Crippen molar-refractivity contribution in [1.82, 2.24) is 5.32 Å². The Kier molecular flexibility index (Phi) is 6.57. The van der Waals surface area contributed by atoms with E-state index in [9.17, 15) is 14.7 Å². The minimum Gasteiger partial charge on any atom is -0.508 e. The van der Waals surface area contributed by atoms with Gasteiger partial charge < -0.3 is 15.2 Å². The molecule has 0 fully saturated rings. The summed E-state index contributed by atoms with van der Waals surface area (Å²) in [6.45, 7) is 0.181. The Balaban J connectivity index is 1.92. The summed E-state index contributed by atoms with van der Waals surface area (Å²) >= 11 is 1.56. The van der Waals surface area contributed by atoms with Crippen molar-refractivity contribution in [2.24, 2.45) is 5.92 Å². The summed E-state index contributed by atoms with van der Waals surface area (Å²) in [7, 11) is 1.32. The molecule has 0 aliphatic rings. The molecule has 126 valence electrons. The van der Waals surface area contributed by atoms with E-state index in [1.807, 2.05) is 16.8 Å². The first-order valence-corrected chi connectivity index (χ1v) is 8.36. The number of benzene rings is 1. The van der Waals surface area contributed by atoms with Crippen LogP contribution in [0.4, 0.5) is 0 Å². The number of nitrogens with one attached hydrogen (secondary N) is 1. The molecule has 2 aromatic rings. The van der Waals surface area contributed by atoms with Crippen LogP contribution in [0.25, 0.3) is 6.08 Å². The molecule has 0 saturated carbocycles. The molecule has 1 aromatic heterocycles. The van der Waals surface area contributed by atoms with E-state index in [4.69, 9.17) is 4.74 Å². The zero-order chi connectivity index (χ0) is 17.4. The molecule has 1 heterocycles. The molecule has 5 nitrogen and oxygen atoms in total. The van der Waals surface area contributed by atoms with Crippen LogP contribution in [0.2, 0.25) is 0 Å². The Labute approximate surface area is 144 Å². The first kappa shape index (κ1) is 17.7. The standard InChI is InChI=1S/C18H19NO4S/c1-23-18(22)15(10-13-2-5-16(20)6-3-13)11-19-17(21)7-4-14-8-9-24-12-14/h2-9,12,15,20H,10-11H2,1H3,(H,19,21). The van der Waals surface area contributed by atoms with E-state index < -0.39 is 5.92 Å². The summed E-state index contributed by atoms with van der Waals surface area (Å²) in [6.07, 6.45) is 3.58.